The van der Waals surface area contributed by atoms with Crippen LogP contribution in [0, 0.1) is 11.8 Å². The first-order valence-corrected chi connectivity index (χ1v) is 14.3. The van der Waals surface area contributed by atoms with Crippen molar-refractivity contribution in [3.63, 3.8) is 0 Å². The fourth-order valence-electron chi connectivity index (χ4n) is 6.69. The quantitative estimate of drug-likeness (QED) is 0.274. The third-order valence-corrected chi connectivity index (χ3v) is 9.12. The topological polar surface area (TPSA) is 136 Å². The molecule has 11 nitrogen and oxygen atoms in total. The number of carbonyl (C=O) groups excluding carboxylic acids is 3. The molecule has 210 valence electrons. The van der Waals surface area contributed by atoms with Crippen LogP contribution in [-0.2, 0) is 36.9 Å². The normalized spacial score (nSPS) is 29.5. The third kappa shape index (κ3) is 4.20. The molecule has 3 aliphatic heterocycles. The minimum atomic E-state index is -1.26. The number of esters is 1. The van der Waals surface area contributed by atoms with Crippen molar-refractivity contribution in [1.82, 2.24) is 25.2 Å². The molecule has 0 saturated carbocycles. The minimum absolute atomic E-state index is 0.0174. The van der Waals surface area contributed by atoms with Crippen LogP contribution < -0.4 is 5.32 Å². The molecule has 0 radical (unpaired) electrons. The number of rotatable bonds is 9. The smallest absolute Gasteiger partial charge is 0.312 e. The van der Waals surface area contributed by atoms with Crippen molar-refractivity contribution in [2.24, 2.45) is 11.8 Å². The molecule has 3 unspecified atom stereocenters. The number of amides is 2. The van der Waals surface area contributed by atoms with E-state index in [1.54, 1.807) is 11.6 Å². The Bertz CT molecular complexity index is 1430. The Morgan fingerprint density at radius 2 is 1.98 bits per heavy atom. The van der Waals surface area contributed by atoms with Gasteiger partial charge in [0.05, 0.1) is 42.7 Å². The van der Waals surface area contributed by atoms with Crippen molar-refractivity contribution in [1.29, 1.82) is 0 Å². The molecule has 6 rings (SSSR count). The van der Waals surface area contributed by atoms with Crippen molar-refractivity contribution >= 4 is 44.7 Å². The average Bonchev–Trinajstić information content (AvgIpc) is 3.68. The van der Waals surface area contributed by atoms with Gasteiger partial charge in [0.15, 0.2) is 0 Å². The fourth-order valence-corrected chi connectivity index (χ4v) is 7.63. The van der Waals surface area contributed by atoms with Crippen molar-refractivity contribution in [3.8, 4) is 0 Å². The van der Waals surface area contributed by atoms with E-state index in [4.69, 9.17) is 9.47 Å². The molecule has 2 aromatic carbocycles. The first kappa shape index (κ1) is 26.9. The van der Waals surface area contributed by atoms with Crippen LogP contribution in [0.25, 0.3) is 11.0 Å². The zero-order valence-electron chi connectivity index (χ0n) is 21.9. The van der Waals surface area contributed by atoms with E-state index in [1.165, 1.54) is 4.90 Å². The van der Waals surface area contributed by atoms with Gasteiger partial charge in [-0.05, 0) is 37.5 Å². The number of para-hydroxylation sites is 1. The predicted octanol–water partition coefficient (Wildman–Crippen LogP) is 1.42. The second-order valence-corrected chi connectivity index (χ2v) is 11.6. The number of nitrogens with one attached hydrogen (secondary N) is 1. The Kier molecular flexibility index (Phi) is 7.09. The van der Waals surface area contributed by atoms with Crippen LogP contribution in [0.4, 0.5) is 0 Å². The number of carbonyl (C=O) groups is 3. The first-order chi connectivity index (χ1) is 19.4. The lowest BCUT2D eigenvalue weighted by Crippen LogP contribution is -2.58. The molecular formula is C28H30BrN5O6. The summed E-state index contributed by atoms with van der Waals surface area (Å²) < 4.78 is 13.4. The maximum atomic E-state index is 14.2. The molecular weight excluding hydrogens is 582 g/mol. The van der Waals surface area contributed by atoms with Crippen molar-refractivity contribution < 1.29 is 29.0 Å². The van der Waals surface area contributed by atoms with E-state index in [2.05, 4.69) is 31.6 Å². The number of hydrogen-bond acceptors (Lipinski definition) is 8. The van der Waals surface area contributed by atoms with Gasteiger partial charge in [-0.2, -0.15) is 0 Å². The summed E-state index contributed by atoms with van der Waals surface area (Å²) in [7, 11) is 0. The molecule has 12 heteroatoms. The lowest BCUT2D eigenvalue weighted by Gasteiger charge is -2.36. The lowest BCUT2D eigenvalue weighted by molar-refractivity contribution is -0.155. The third-order valence-electron chi connectivity index (χ3n) is 8.28. The SMILES string of the molecule is CCOC(=O)[C@H]1[C@@H]2OC3(CC2Br)C(C(=O)NCn2nnc4ccccc42)N([C@@H](CO)Cc2ccccc2)C(=O)[C@H]13. The highest BCUT2D eigenvalue weighted by Gasteiger charge is 2.77. The number of ether oxygens (including phenoxy) is 2. The van der Waals surface area contributed by atoms with E-state index in [9.17, 15) is 19.5 Å². The molecule has 3 aliphatic rings. The number of aliphatic hydroxyl groups excluding tert-OH is 1. The number of halogens is 1. The first-order valence-electron chi connectivity index (χ1n) is 13.4. The Morgan fingerprint density at radius 1 is 1.23 bits per heavy atom. The number of fused-ring (bicyclic) bond motifs is 2. The second-order valence-electron chi connectivity index (χ2n) is 10.5. The van der Waals surface area contributed by atoms with Gasteiger partial charge in [-0.1, -0.05) is 63.6 Å². The summed E-state index contributed by atoms with van der Waals surface area (Å²) in [6.07, 6.45) is 0.0783. The van der Waals surface area contributed by atoms with Crippen LogP contribution in [0.3, 0.4) is 0 Å². The van der Waals surface area contributed by atoms with Gasteiger partial charge in [0.2, 0.25) is 11.8 Å². The Labute approximate surface area is 238 Å². The highest BCUT2D eigenvalue weighted by atomic mass is 79.9. The highest BCUT2D eigenvalue weighted by Crippen LogP contribution is 2.60. The number of nitrogens with zero attached hydrogens (tertiary/aromatic N) is 4. The molecule has 2 amide bonds. The Balaban J connectivity index is 1.36. The molecule has 2 bridgehead atoms. The number of aromatic nitrogens is 3. The Hall–Kier alpha value is -3.35. The summed E-state index contributed by atoms with van der Waals surface area (Å²) in [6.45, 7) is 1.52. The molecule has 40 heavy (non-hydrogen) atoms. The van der Waals surface area contributed by atoms with Crippen LogP contribution in [-0.4, -0.2) is 84.6 Å². The number of hydrogen-bond donors (Lipinski definition) is 2. The predicted molar refractivity (Wildman–Crippen MR) is 146 cm³/mol. The summed E-state index contributed by atoms with van der Waals surface area (Å²) in [5, 5.41) is 21.7. The van der Waals surface area contributed by atoms with E-state index in [-0.39, 0.29) is 30.6 Å². The van der Waals surface area contributed by atoms with E-state index < -0.39 is 47.5 Å². The largest absolute Gasteiger partial charge is 0.466 e. The van der Waals surface area contributed by atoms with E-state index in [1.807, 2.05) is 54.6 Å². The van der Waals surface area contributed by atoms with Gasteiger partial charge in [-0.15, -0.1) is 5.10 Å². The van der Waals surface area contributed by atoms with Crippen molar-refractivity contribution in [2.45, 2.75) is 55.0 Å². The molecule has 3 saturated heterocycles. The van der Waals surface area contributed by atoms with Crippen LogP contribution >= 0.6 is 15.9 Å². The monoisotopic (exact) mass is 611 g/mol. The van der Waals surface area contributed by atoms with Crippen molar-refractivity contribution in [3.05, 3.63) is 60.2 Å². The van der Waals surface area contributed by atoms with E-state index >= 15 is 0 Å². The summed E-state index contributed by atoms with van der Waals surface area (Å²) in [5.41, 5.74) is 1.08. The second kappa shape index (κ2) is 10.6. The molecule has 3 fully saturated rings. The summed E-state index contributed by atoms with van der Waals surface area (Å²) in [5.74, 6) is -3.12. The molecule has 1 aromatic heterocycles. The summed E-state index contributed by atoms with van der Waals surface area (Å²) in [4.78, 5) is 42.6. The number of alkyl halides is 1. The number of benzene rings is 2. The van der Waals surface area contributed by atoms with Crippen LogP contribution in [0.1, 0.15) is 18.9 Å². The molecule has 4 heterocycles. The van der Waals surface area contributed by atoms with Crippen molar-refractivity contribution in [2.75, 3.05) is 13.2 Å². The van der Waals surface area contributed by atoms with E-state index in [0.29, 0.717) is 18.4 Å². The highest BCUT2D eigenvalue weighted by molar-refractivity contribution is 9.09. The number of aliphatic hydroxyl groups is 1. The molecule has 2 N–H and O–H groups in total. The molecule has 1 spiro atoms. The molecule has 0 aliphatic carbocycles. The van der Waals surface area contributed by atoms with E-state index in [0.717, 1.165) is 11.1 Å². The van der Waals surface area contributed by atoms with Gasteiger partial charge in [0.25, 0.3) is 0 Å². The summed E-state index contributed by atoms with van der Waals surface area (Å²) >= 11 is 3.64. The maximum Gasteiger partial charge on any atom is 0.312 e. The van der Waals surface area contributed by atoms with Gasteiger partial charge >= 0.3 is 5.97 Å². The lowest BCUT2D eigenvalue weighted by atomic mass is 9.70. The average molecular weight is 612 g/mol. The molecule has 3 aromatic rings. The zero-order chi connectivity index (χ0) is 28.0. The van der Waals surface area contributed by atoms with Crippen LogP contribution in [0.5, 0.6) is 0 Å². The Morgan fingerprint density at radius 3 is 2.73 bits per heavy atom. The van der Waals surface area contributed by atoms with Gasteiger partial charge in [0.1, 0.15) is 23.8 Å². The van der Waals surface area contributed by atoms with Gasteiger partial charge in [-0.25, -0.2) is 4.68 Å². The van der Waals surface area contributed by atoms with Crippen LogP contribution in [0.15, 0.2) is 54.6 Å². The molecule has 7 atom stereocenters. The standard InChI is InChI=1S/C28H30BrN5O6/c1-2-39-27(38)21-22-26(37)34(17(14-35)12-16-8-4-3-5-9-16)24(28(22)13-18(29)23(21)40-28)25(36)30-15-33-20-11-7-6-10-19(20)31-32-33/h3-11,17-18,21-24,35H,2,12-15H2,1H3,(H,30,36)/t17-,18?,21-,22+,23-,24?,28?/m1/s1. The number of likely N-dealkylation sites (tertiary alicyclic amines) is 1. The van der Waals surface area contributed by atoms with Crippen LogP contribution in [0.2, 0.25) is 0 Å². The maximum absolute atomic E-state index is 14.2. The minimum Gasteiger partial charge on any atom is -0.466 e. The van der Waals surface area contributed by atoms with Gasteiger partial charge in [0, 0.05) is 4.83 Å². The van der Waals surface area contributed by atoms with Gasteiger partial charge in [-0.3, -0.25) is 14.4 Å². The fraction of sp³-hybridized carbons (Fsp3) is 0.464. The zero-order valence-corrected chi connectivity index (χ0v) is 23.4. The van der Waals surface area contributed by atoms with Gasteiger partial charge < -0.3 is 24.8 Å². The summed E-state index contributed by atoms with van der Waals surface area (Å²) in [6, 6.07) is 15.1.